The van der Waals surface area contributed by atoms with Crippen LogP contribution in [0.5, 0.6) is 11.5 Å². The first-order valence-electron chi connectivity index (χ1n) is 7.48. The van der Waals surface area contributed by atoms with E-state index in [1.54, 1.807) is 0 Å². The van der Waals surface area contributed by atoms with Gasteiger partial charge in [0, 0.05) is 19.5 Å². The van der Waals surface area contributed by atoms with Crippen molar-refractivity contribution in [3.8, 4) is 11.5 Å². The highest BCUT2D eigenvalue weighted by atomic mass is 16.5. The number of rotatable bonds is 2. The highest BCUT2D eigenvalue weighted by Gasteiger charge is 2.32. The molecule has 1 aromatic rings. The molecule has 0 aromatic heterocycles. The van der Waals surface area contributed by atoms with Gasteiger partial charge in [-0.25, -0.2) is 0 Å². The normalized spacial score (nSPS) is 29.8. The van der Waals surface area contributed by atoms with E-state index in [1.807, 2.05) is 6.07 Å². The molecule has 1 saturated heterocycles. The molecule has 4 heteroatoms. The van der Waals surface area contributed by atoms with Crippen LogP contribution >= 0.6 is 0 Å². The van der Waals surface area contributed by atoms with Gasteiger partial charge in [-0.3, -0.25) is 0 Å². The van der Waals surface area contributed by atoms with E-state index < -0.39 is 0 Å². The average Bonchev–Trinajstić information content (AvgIpc) is 2.71. The molecule has 1 N–H and O–H groups in total. The first-order valence-corrected chi connectivity index (χ1v) is 7.48. The summed E-state index contributed by atoms with van der Waals surface area (Å²) in [6.45, 7) is 7.52. The molecule has 4 nitrogen and oxygen atoms in total. The van der Waals surface area contributed by atoms with Crippen LogP contribution < -0.4 is 14.8 Å². The fourth-order valence-corrected chi connectivity index (χ4v) is 2.67. The molecule has 1 aromatic carbocycles. The van der Waals surface area contributed by atoms with Crippen molar-refractivity contribution in [1.82, 2.24) is 5.32 Å². The molecule has 1 fully saturated rings. The summed E-state index contributed by atoms with van der Waals surface area (Å²) in [5, 5.41) is 3.47. The number of benzene rings is 1. The quantitative estimate of drug-likeness (QED) is 0.902. The maximum Gasteiger partial charge on any atom is 0.161 e. The van der Waals surface area contributed by atoms with Gasteiger partial charge >= 0.3 is 0 Å². The van der Waals surface area contributed by atoms with E-state index in [4.69, 9.17) is 14.2 Å². The third-order valence-electron chi connectivity index (χ3n) is 4.15. The fraction of sp³-hybridized carbons (Fsp3) is 0.625. The molecule has 3 rings (SSSR count). The Morgan fingerprint density at radius 3 is 2.85 bits per heavy atom. The Labute approximate surface area is 120 Å². The second-order valence-corrected chi connectivity index (χ2v) is 5.80. The fourth-order valence-electron chi connectivity index (χ4n) is 2.67. The molecule has 2 heterocycles. The second kappa shape index (κ2) is 5.62. The van der Waals surface area contributed by atoms with Gasteiger partial charge in [0.2, 0.25) is 0 Å². The third kappa shape index (κ3) is 2.76. The van der Waals surface area contributed by atoms with Gasteiger partial charge in [-0.05, 0) is 31.0 Å². The predicted octanol–water partition coefficient (Wildman–Crippen LogP) is 2.68. The number of fused-ring (bicyclic) bond motifs is 1. The topological polar surface area (TPSA) is 39.7 Å². The molecule has 0 amide bonds. The van der Waals surface area contributed by atoms with Gasteiger partial charge in [-0.1, -0.05) is 13.0 Å². The van der Waals surface area contributed by atoms with Gasteiger partial charge in [-0.15, -0.1) is 0 Å². The minimum absolute atomic E-state index is 0.0749. The Morgan fingerprint density at radius 1 is 1.25 bits per heavy atom. The molecule has 2 aliphatic heterocycles. The van der Waals surface area contributed by atoms with E-state index >= 15 is 0 Å². The van der Waals surface area contributed by atoms with Crippen molar-refractivity contribution in [1.29, 1.82) is 0 Å². The summed E-state index contributed by atoms with van der Waals surface area (Å²) < 4.78 is 17.7. The highest BCUT2D eigenvalue weighted by molar-refractivity contribution is 5.44. The number of ether oxygens (including phenoxy) is 3. The van der Waals surface area contributed by atoms with Crippen molar-refractivity contribution in [3.63, 3.8) is 0 Å². The standard InChI is InChI=1S/C16H23NO3/c1-3-16(2)11-17-10-15(20-16)12-5-6-13-14(9-12)19-8-4-7-18-13/h5-6,9,15,17H,3-4,7-8,10-11H2,1-2H3. The van der Waals surface area contributed by atoms with Crippen LogP contribution in [0.25, 0.3) is 0 Å². The molecule has 0 bridgehead atoms. The summed E-state index contributed by atoms with van der Waals surface area (Å²) in [5.41, 5.74) is 1.06. The first kappa shape index (κ1) is 13.7. The monoisotopic (exact) mass is 277 g/mol. The number of nitrogens with one attached hydrogen (secondary N) is 1. The van der Waals surface area contributed by atoms with E-state index in [0.29, 0.717) is 6.61 Å². The summed E-state index contributed by atoms with van der Waals surface area (Å²) in [5.74, 6) is 1.68. The smallest absolute Gasteiger partial charge is 0.161 e. The first-order chi connectivity index (χ1) is 9.70. The van der Waals surface area contributed by atoms with Crippen LogP contribution in [0, 0.1) is 0 Å². The zero-order valence-electron chi connectivity index (χ0n) is 12.3. The largest absolute Gasteiger partial charge is 0.490 e. The van der Waals surface area contributed by atoms with Crippen LogP contribution in [-0.2, 0) is 4.74 Å². The number of hydrogen-bond donors (Lipinski definition) is 1. The second-order valence-electron chi connectivity index (χ2n) is 5.80. The van der Waals surface area contributed by atoms with E-state index in [2.05, 4.69) is 31.3 Å². The van der Waals surface area contributed by atoms with Crippen molar-refractivity contribution in [3.05, 3.63) is 23.8 Å². The van der Waals surface area contributed by atoms with Gasteiger partial charge in [0.25, 0.3) is 0 Å². The third-order valence-corrected chi connectivity index (χ3v) is 4.15. The lowest BCUT2D eigenvalue weighted by molar-refractivity contribution is -0.109. The molecule has 0 aliphatic carbocycles. The van der Waals surface area contributed by atoms with Crippen LogP contribution in [0.3, 0.4) is 0 Å². The van der Waals surface area contributed by atoms with Gasteiger partial charge < -0.3 is 19.5 Å². The Morgan fingerprint density at radius 2 is 2.05 bits per heavy atom. The lowest BCUT2D eigenvalue weighted by atomic mass is 9.98. The maximum atomic E-state index is 6.27. The Hall–Kier alpha value is -1.26. The zero-order chi connectivity index (χ0) is 14.0. The molecule has 0 radical (unpaired) electrons. The van der Waals surface area contributed by atoms with Crippen molar-refractivity contribution >= 4 is 0 Å². The van der Waals surface area contributed by atoms with Crippen LogP contribution in [0.1, 0.15) is 38.4 Å². The van der Waals surface area contributed by atoms with Crippen LogP contribution in [0.4, 0.5) is 0 Å². The molecule has 110 valence electrons. The van der Waals surface area contributed by atoms with Crippen molar-refractivity contribution < 1.29 is 14.2 Å². The van der Waals surface area contributed by atoms with E-state index in [9.17, 15) is 0 Å². The van der Waals surface area contributed by atoms with Gasteiger partial charge in [-0.2, -0.15) is 0 Å². The molecule has 2 atom stereocenters. The summed E-state index contributed by atoms with van der Waals surface area (Å²) in [6, 6.07) is 6.15. The van der Waals surface area contributed by atoms with Crippen molar-refractivity contribution in [2.45, 2.75) is 38.4 Å². The minimum Gasteiger partial charge on any atom is -0.490 e. The molecular formula is C16H23NO3. The van der Waals surface area contributed by atoms with E-state index in [0.717, 1.165) is 49.6 Å². The Bertz CT molecular complexity index is 477. The molecule has 2 aliphatic rings. The average molecular weight is 277 g/mol. The van der Waals surface area contributed by atoms with E-state index in [1.165, 1.54) is 0 Å². The molecule has 0 spiro atoms. The number of hydrogen-bond acceptors (Lipinski definition) is 4. The molecular weight excluding hydrogens is 254 g/mol. The van der Waals surface area contributed by atoms with Gasteiger partial charge in [0.15, 0.2) is 11.5 Å². The van der Waals surface area contributed by atoms with Crippen molar-refractivity contribution in [2.24, 2.45) is 0 Å². The lowest BCUT2D eigenvalue weighted by Gasteiger charge is -2.39. The zero-order valence-corrected chi connectivity index (χ0v) is 12.3. The van der Waals surface area contributed by atoms with Gasteiger partial charge in [0.1, 0.15) is 0 Å². The predicted molar refractivity (Wildman–Crippen MR) is 77.4 cm³/mol. The summed E-state index contributed by atoms with van der Waals surface area (Å²) in [4.78, 5) is 0. The Kier molecular flexibility index (Phi) is 3.85. The minimum atomic E-state index is -0.0902. The van der Waals surface area contributed by atoms with Crippen LogP contribution in [0.15, 0.2) is 18.2 Å². The van der Waals surface area contributed by atoms with Crippen molar-refractivity contribution in [2.75, 3.05) is 26.3 Å². The summed E-state index contributed by atoms with van der Waals surface area (Å²) >= 11 is 0. The lowest BCUT2D eigenvalue weighted by Crippen LogP contribution is -2.48. The Balaban J connectivity index is 1.81. The summed E-state index contributed by atoms with van der Waals surface area (Å²) in [6.07, 6.45) is 2.01. The molecule has 2 unspecified atom stereocenters. The van der Waals surface area contributed by atoms with Crippen LogP contribution in [0.2, 0.25) is 0 Å². The number of morpholine rings is 1. The molecule has 20 heavy (non-hydrogen) atoms. The van der Waals surface area contributed by atoms with Gasteiger partial charge in [0.05, 0.1) is 24.9 Å². The maximum absolute atomic E-state index is 6.27. The summed E-state index contributed by atoms with van der Waals surface area (Å²) in [7, 11) is 0. The molecule has 0 saturated carbocycles. The van der Waals surface area contributed by atoms with E-state index in [-0.39, 0.29) is 11.7 Å². The SMILES string of the molecule is CCC1(C)CNCC(c2ccc3c(c2)OCCCO3)O1. The highest BCUT2D eigenvalue weighted by Crippen LogP contribution is 2.35. The van der Waals surface area contributed by atoms with Crippen LogP contribution in [-0.4, -0.2) is 31.9 Å².